The number of aromatic nitrogens is 1. The largest absolute Gasteiger partial charge is 0.496 e. The highest BCUT2D eigenvalue weighted by Crippen LogP contribution is 2.33. The molecule has 0 saturated heterocycles. The predicted molar refractivity (Wildman–Crippen MR) is 113 cm³/mol. The van der Waals surface area contributed by atoms with Crippen molar-refractivity contribution in [3.8, 4) is 17.2 Å². The van der Waals surface area contributed by atoms with Crippen LogP contribution in [0.1, 0.15) is 36.0 Å². The molecule has 2 aromatic carbocycles. The van der Waals surface area contributed by atoms with Gasteiger partial charge in [0.15, 0.2) is 5.58 Å². The minimum Gasteiger partial charge on any atom is -0.496 e. The van der Waals surface area contributed by atoms with Crippen LogP contribution in [0.3, 0.4) is 0 Å². The molecule has 1 aromatic heterocycles. The molecule has 3 aromatic rings. The molecule has 0 spiro atoms. The smallest absolute Gasteiger partial charge is 0.253 e. The molecular weight excluding hydrogens is 382 g/mol. The molecule has 1 saturated carbocycles. The summed E-state index contributed by atoms with van der Waals surface area (Å²) in [7, 11) is 3.38. The Balaban J connectivity index is 1.57. The molecular formula is C23H25N3O4. The molecule has 1 aliphatic rings. The van der Waals surface area contributed by atoms with Crippen LogP contribution in [-0.4, -0.2) is 48.4 Å². The monoisotopic (exact) mass is 407 g/mol. The van der Waals surface area contributed by atoms with Gasteiger partial charge in [-0.2, -0.15) is 0 Å². The third-order valence-corrected chi connectivity index (χ3v) is 5.79. The van der Waals surface area contributed by atoms with Crippen molar-refractivity contribution >= 4 is 23.4 Å². The summed E-state index contributed by atoms with van der Waals surface area (Å²) in [5.74, 6) is 0.912. The van der Waals surface area contributed by atoms with Crippen LogP contribution in [0.5, 0.6) is 5.75 Å². The number of nitrogens with zero attached hydrogens (tertiary/aromatic N) is 2. The number of para-hydroxylation sites is 2. The van der Waals surface area contributed by atoms with E-state index in [1.165, 1.54) is 0 Å². The van der Waals surface area contributed by atoms with E-state index in [1.54, 1.807) is 24.1 Å². The first-order chi connectivity index (χ1) is 14.6. The first-order valence-electron chi connectivity index (χ1n) is 10.1. The zero-order valence-electron chi connectivity index (χ0n) is 17.1. The lowest BCUT2D eigenvalue weighted by molar-refractivity contribution is -0.110. The molecule has 1 N–H and O–H groups in total. The maximum atomic E-state index is 13.1. The van der Waals surface area contributed by atoms with E-state index in [1.807, 2.05) is 37.4 Å². The van der Waals surface area contributed by atoms with Crippen molar-refractivity contribution in [2.45, 2.75) is 37.8 Å². The molecule has 7 heteroatoms. The Bertz CT molecular complexity index is 1030. The Morgan fingerprint density at radius 2 is 2.10 bits per heavy atom. The lowest BCUT2D eigenvalue weighted by Gasteiger charge is -2.35. The zero-order valence-corrected chi connectivity index (χ0v) is 17.1. The summed E-state index contributed by atoms with van der Waals surface area (Å²) in [6, 6.07) is 13.1. The second-order valence-corrected chi connectivity index (χ2v) is 7.62. The minimum atomic E-state index is -0.0748. The summed E-state index contributed by atoms with van der Waals surface area (Å²) >= 11 is 0. The van der Waals surface area contributed by atoms with Gasteiger partial charge in [-0.25, -0.2) is 4.98 Å². The van der Waals surface area contributed by atoms with E-state index in [2.05, 4.69) is 10.3 Å². The molecule has 1 heterocycles. The van der Waals surface area contributed by atoms with Gasteiger partial charge in [0.1, 0.15) is 11.3 Å². The van der Waals surface area contributed by atoms with Crippen molar-refractivity contribution < 1.29 is 18.7 Å². The van der Waals surface area contributed by atoms with Crippen molar-refractivity contribution in [2.24, 2.45) is 0 Å². The number of carbonyl (C=O) groups is 2. The molecule has 2 atom stereocenters. The second kappa shape index (κ2) is 8.57. The van der Waals surface area contributed by atoms with Crippen LogP contribution in [0.2, 0.25) is 0 Å². The molecule has 30 heavy (non-hydrogen) atoms. The molecule has 0 radical (unpaired) electrons. The number of nitrogens with one attached hydrogen (secondary N) is 1. The number of ether oxygens (including phenoxy) is 1. The van der Waals surface area contributed by atoms with Crippen LogP contribution in [0, 0.1) is 0 Å². The number of methoxy groups -OCH3 is 1. The van der Waals surface area contributed by atoms with Crippen molar-refractivity contribution in [3.63, 3.8) is 0 Å². The van der Waals surface area contributed by atoms with Gasteiger partial charge in [-0.3, -0.25) is 9.59 Å². The van der Waals surface area contributed by atoms with Gasteiger partial charge >= 0.3 is 0 Å². The minimum absolute atomic E-state index is 0.0748. The van der Waals surface area contributed by atoms with Gasteiger partial charge in [0.25, 0.3) is 5.91 Å². The summed E-state index contributed by atoms with van der Waals surface area (Å²) in [5.41, 5.74) is 2.70. The molecule has 0 unspecified atom stereocenters. The van der Waals surface area contributed by atoms with E-state index in [9.17, 15) is 9.59 Å². The van der Waals surface area contributed by atoms with Gasteiger partial charge in [0.05, 0.1) is 12.7 Å². The van der Waals surface area contributed by atoms with E-state index in [4.69, 9.17) is 9.15 Å². The molecule has 4 rings (SSSR count). The van der Waals surface area contributed by atoms with Crippen LogP contribution in [0.15, 0.2) is 46.9 Å². The topological polar surface area (TPSA) is 84.7 Å². The quantitative estimate of drug-likeness (QED) is 0.631. The number of benzene rings is 2. The highest BCUT2D eigenvalue weighted by atomic mass is 16.5. The van der Waals surface area contributed by atoms with Gasteiger partial charge in [-0.15, -0.1) is 0 Å². The lowest BCUT2D eigenvalue weighted by atomic mass is 9.90. The van der Waals surface area contributed by atoms with E-state index < -0.39 is 0 Å². The Morgan fingerprint density at radius 3 is 2.87 bits per heavy atom. The molecule has 1 fully saturated rings. The summed E-state index contributed by atoms with van der Waals surface area (Å²) < 4.78 is 11.4. The number of hydrogen-bond acceptors (Lipinski definition) is 5. The number of hydrogen-bond donors (Lipinski definition) is 1. The van der Waals surface area contributed by atoms with E-state index in [0.29, 0.717) is 28.4 Å². The van der Waals surface area contributed by atoms with Gasteiger partial charge in [-0.1, -0.05) is 12.1 Å². The van der Waals surface area contributed by atoms with Crippen molar-refractivity contribution in [3.05, 3.63) is 48.0 Å². The highest BCUT2D eigenvalue weighted by Gasteiger charge is 2.28. The Labute approximate surface area is 175 Å². The lowest BCUT2D eigenvalue weighted by Crippen LogP contribution is -2.44. The van der Waals surface area contributed by atoms with Crippen LogP contribution in [-0.2, 0) is 4.79 Å². The van der Waals surface area contributed by atoms with Crippen LogP contribution in [0.4, 0.5) is 0 Å². The number of carbonyl (C=O) groups excluding carboxylic acids is 2. The third kappa shape index (κ3) is 3.87. The normalized spacial score (nSPS) is 18.7. The second-order valence-electron chi connectivity index (χ2n) is 7.62. The van der Waals surface area contributed by atoms with E-state index >= 15 is 0 Å². The summed E-state index contributed by atoms with van der Waals surface area (Å²) in [6.45, 7) is 0. The SMILES string of the molecule is COc1cc(C(=O)N(C)[C@@H]2CCC[C@H](NC=O)C2)ccc1-c1nc2ccccc2o1. The molecule has 1 aliphatic carbocycles. The number of fused-ring (bicyclic) bond motifs is 1. The fraction of sp³-hybridized carbons (Fsp3) is 0.348. The van der Waals surface area contributed by atoms with Crippen LogP contribution >= 0.6 is 0 Å². The van der Waals surface area contributed by atoms with Crippen molar-refractivity contribution in [1.82, 2.24) is 15.2 Å². The summed E-state index contributed by atoms with van der Waals surface area (Å²) in [4.78, 5) is 30.2. The molecule has 0 bridgehead atoms. The first kappa shape index (κ1) is 19.9. The standard InChI is InChI=1S/C23H25N3O4/c1-26(17-7-5-6-16(13-17)24-14-27)23(28)15-10-11-18(21(12-15)29-2)22-25-19-8-3-4-9-20(19)30-22/h3-4,8-12,14,16-17H,5-7,13H2,1-2H3,(H,24,27)/t16-,17+/m0/s1. The average Bonchev–Trinajstić information content (AvgIpc) is 3.22. The van der Waals surface area contributed by atoms with Crippen molar-refractivity contribution in [1.29, 1.82) is 0 Å². The molecule has 156 valence electrons. The number of amides is 2. The van der Waals surface area contributed by atoms with E-state index in [0.717, 1.165) is 37.6 Å². The van der Waals surface area contributed by atoms with Gasteiger partial charge < -0.3 is 19.4 Å². The molecule has 7 nitrogen and oxygen atoms in total. The summed E-state index contributed by atoms with van der Waals surface area (Å²) in [5, 5.41) is 2.85. The van der Waals surface area contributed by atoms with Crippen LogP contribution < -0.4 is 10.1 Å². The van der Waals surface area contributed by atoms with Gasteiger partial charge in [0, 0.05) is 24.7 Å². The third-order valence-electron chi connectivity index (χ3n) is 5.79. The molecule has 0 aliphatic heterocycles. The summed E-state index contributed by atoms with van der Waals surface area (Å²) in [6.07, 6.45) is 4.36. The average molecular weight is 407 g/mol. The van der Waals surface area contributed by atoms with Crippen LogP contribution in [0.25, 0.3) is 22.6 Å². The Morgan fingerprint density at radius 1 is 1.27 bits per heavy atom. The molecule has 2 amide bonds. The zero-order chi connectivity index (χ0) is 21.1. The first-order valence-corrected chi connectivity index (χ1v) is 10.1. The fourth-order valence-corrected chi connectivity index (χ4v) is 4.12. The predicted octanol–water partition coefficient (Wildman–Crippen LogP) is 3.63. The highest BCUT2D eigenvalue weighted by molar-refractivity contribution is 5.95. The Hall–Kier alpha value is -3.35. The Kier molecular flexibility index (Phi) is 5.70. The van der Waals surface area contributed by atoms with Crippen molar-refractivity contribution in [2.75, 3.05) is 14.2 Å². The number of rotatable bonds is 6. The van der Waals surface area contributed by atoms with Gasteiger partial charge in [-0.05, 0) is 56.0 Å². The fourth-order valence-electron chi connectivity index (χ4n) is 4.12. The maximum Gasteiger partial charge on any atom is 0.253 e. The van der Waals surface area contributed by atoms with E-state index in [-0.39, 0.29) is 18.0 Å². The maximum absolute atomic E-state index is 13.1. The number of oxazole rings is 1. The van der Waals surface area contributed by atoms with Gasteiger partial charge in [0.2, 0.25) is 12.3 Å².